The van der Waals surface area contributed by atoms with Crippen molar-refractivity contribution in [3.05, 3.63) is 53.5 Å². The third-order valence-corrected chi connectivity index (χ3v) is 5.50. The first-order valence-corrected chi connectivity index (χ1v) is 9.71. The predicted molar refractivity (Wildman–Crippen MR) is 109 cm³/mol. The molecule has 0 saturated heterocycles. The highest BCUT2D eigenvalue weighted by Crippen LogP contribution is 2.29. The highest BCUT2D eigenvalue weighted by Gasteiger charge is 2.25. The molecule has 0 unspecified atom stereocenters. The largest absolute Gasteiger partial charge is 0.465 e. The van der Waals surface area contributed by atoms with Crippen molar-refractivity contribution in [2.75, 3.05) is 5.32 Å². The van der Waals surface area contributed by atoms with Gasteiger partial charge < -0.3 is 20.7 Å². The van der Waals surface area contributed by atoms with Crippen molar-refractivity contribution in [3.8, 4) is 0 Å². The van der Waals surface area contributed by atoms with Gasteiger partial charge >= 0.3 is 6.09 Å². The molecule has 0 radical (unpaired) electrons. The summed E-state index contributed by atoms with van der Waals surface area (Å²) in [5.41, 5.74) is 2.73. The number of amides is 1. The summed E-state index contributed by atoms with van der Waals surface area (Å²) >= 11 is 0. The number of rotatable bonds is 5. The fourth-order valence-electron chi connectivity index (χ4n) is 3.97. The van der Waals surface area contributed by atoms with E-state index < -0.39 is 6.09 Å². The number of aryl methyl sites for hydroxylation is 1. The second-order valence-corrected chi connectivity index (χ2v) is 7.43. The molecule has 2 aromatic heterocycles. The molecule has 4 N–H and O–H groups in total. The molecule has 0 aliphatic heterocycles. The molecule has 29 heavy (non-hydrogen) atoms. The Kier molecular flexibility index (Phi) is 5.16. The number of aromatic amines is 1. The van der Waals surface area contributed by atoms with Gasteiger partial charge in [-0.05, 0) is 38.2 Å². The number of benzene rings is 1. The number of H-pyrrole nitrogens is 1. The smallest absolute Gasteiger partial charge is 0.404 e. The number of hydrogen-bond acceptors (Lipinski definition) is 5. The van der Waals surface area contributed by atoms with Crippen LogP contribution in [0.15, 0.2) is 36.8 Å². The van der Waals surface area contributed by atoms with Gasteiger partial charge in [0.1, 0.15) is 17.8 Å². The zero-order chi connectivity index (χ0) is 20.4. The lowest BCUT2D eigenvalue weighted by molar-refractivity contribution is 0.103. The van der Waals surface area contributed by atoms with Gasteiger partial charge in [0.05, 0.1) is 10.9 Å². The van der Waals surface area contributed by atoms with Gasteiger partial charge in [0.25, 0.3) is 0 Å². The molecule has 0 atom stereocenters. The molecule has 1 aromatic carbocycles. The summed E-state index contributed by atoms with van der Waals surface area (Å²) in [6.07, 6.45) is 5.35. The van der Waals surface area contributed by atoms with Crippen LogP contribution < -0.4 is 10.6 Å². The summed E-state index contributed by atoms with van der Waals surface area (Å²) in [4.78, 5) is 35.7. The summed E-state index contributed by atoms with van der Waals surface area (Å²) in [5, 5.41) is 15.6. The summed E-state index contributed by atoms with van der Waals surface area (Å²) in [7, 11) is 0. The van der Waals surface area contributed by atoms with E-state index in [2.05, 4.69) is 25.6 Å². The molecule has 1 aliphatic carbocycles. The number of nitrogens with one attached hydrogen (secondary N) is 3. The maximum Gasteiger partial charge on any atom is 0.404 e. The summed E-state index contributed by atoms with van der Waals surface area (Å²) in [6, 6.07) is 7.66. The molecule has 8 nitrogen and oxygen atoms in total. The average Bonchev–Trinajstić information content (AvgIpc) is 3.14. The third-order valence-electron chi connectivity index (χ3n) is 5.50. The SMILES string of the molecule is Cc1ccccc1C(=O)c1c[nH]c2ncnc(N[C@H]3CC[C@@H](NC(=O)O)CC3)c12. The Morgan fingerprint density at radius 2 is 1.79 bits per heavy atom. The van der Waals surface area contributed by atoms with Crippen molar-refractivity contribution in [2.45, 2.75) is 44.7 Å². The number of hydrogen-bond donors (Lipinski definition) is 4. The average molecular weight is 393 g/mol. The van der Waals surface area contributed by atoms with Crippen LogP contribution >= 0.6 is 0 Å². The molecule has 1 amide bonds. The first-order valence-electron chi connectivity index (χ1n) is 9.71. The van der Waals surface area contributed by atoms with Gasteiger partial charge in [-0.15, -0.1) is 0 Å². The van der Waals surface area contributed by atoms with Gasteiger partial charge in [-0.1, -0.05) is 24.3 Å². The number of aromatic nitrogens is 3. The van der Waals surface area contributed by atoms with E-state index in [1.165, 1.54) is 6.33 Å². The van der Waals surface area contributed by atoms with Crippen molar-refractivity contribution < 1.29 is 14.7 Å². The van der Waals surface area contributed by atoms with Crippen LogP contribution in [0.3, 0.4) is 0 Å². The molecule has 1 saturated carbocycles. The molecule has 4 rings (SSSR count). The fraction of sp³-hybridized carbons (Fsp3) is 0.333. The zero-order valence-corrected chi connectivity index (χ0v) is 16.1. The minimum absolute atomic E-state index is 0.0126. The second kappa shape index (κ2) is 7.90. The molecular weight excluding hydrogens is 370 g/mol. The molecule has 2 heterocycles. The highest BCUT2D eigenvalue weighted by molar-refractivity contribution is 6.18. The van der Waals surface area contributed by atoms with E-state index in [0.717, 1.165) is 31.2 Å². The van der Waals surface area contributed by atoms with Gasteiger partial charge in [-0.3, -0.25) is 4.79 Å². The summed E-state index contributed by atoms with van der Waals surface area (Å²) in [6.45, 7) is 1.92. The molecule has 3 aromatic rings. The predicted octanol–water partition coefficient (Wildman–Crippen LogP) is 3.49. The number of fused-ring (bicyclic) bond motifs is 1. The van der Waals surface area contributed by atoms with E-state index in [0.29, 0.717) is 28.0 Å². The van der Waals surface area contributed by atoms with E-state index >= 15 is 0 Å². The van der Waals surface area contributed by atoms with Crippen molar-refractivity contribution >= 4 is 28.7 Å². The Morgan fingerprint density at radius 1 is 1.07 bits per heavy atom. The molecule has 1 fully saturated rings. The molecule has 8 heteroatoms. The van der Waals surface area contributed by atoms with E-state index in [4.69, 9.17) is 5.11 Å². The Morgan fingerprint density at radius 3 is 2.52 bits per heavy atom. The molecule has 0 bridgehead atoms. The van der Waals surface area contributed by atoms with Crippen molar-refractivity contribution in [1.29, 1.82) is 0 Å². The van der Waals surface area contributed by atoms with Crippen LogP contribution in [0.4, 0.5) is 10.6 Å². The van der Waals surface area contributed by atoms with Crippen LogP contribution in [0.2, 0.25) is 0 Å². The van der Waals surface area contributed by atoms with Crippen LogP contribution in [0.5, 0.6) is 0 Å². The number of nitrogens with zero attached hydrogens (tertiary/aromatic N) is 2. The first kappa shape index (κ1) is 18.9. The van der Waals surface area contributed by atoms with Gasteiger partial charge in [-0.25, -0.2) is 14.8 Å². The van der Waals surface area contributed by atoms with Gasteiger partial charge in [0.15, 0.2) is 5.78 Å². The molecule has 150 valence electrons. The lowest BCUT2D eigenvalue weighted by Gasteiger charge is -2.29. The minimum Gasteiger partial charge on any atom is -0.465 e. The maximum atomic E-state index is 13.2. The van der Waals surface area contributed by atoms with Crippen molar-refractivity contribution in [3.63, 3.8) is 0 Å². The topological polar surface area (TPSA) is 120 Å². The number of carboxylic acid groups (broad SMARTS) is 1. The monoisotopic (exact) mass is 393 g/mol. The van der Waals surface area contributed by atoms with E-state index in [1.54, 1.807) is 6.20 Å². The highest BCUT2D eigenvalue weighted by atomic mass is 16.4. The van der Waals surface area contributed by atoms with Gasteiger partial charge in [0.2, 0.25) is 0 Å². The number of anilines is 1. The third kappa shape index (κ3) is 3.91. The maximum absolute atomic E-state index is 13.2. The van der Waals surface area contributed by atoms with Crippen LogP contribution in [-0.2, 0) is 0 Å². The lowest BCUT2D eigenvalue weighted by atomic mass is 9.91. The van der Waals surface area contributed by atoms with Crippen molar-refractivity contribution in [1.82, 2.24) is 20.3 Å². The zero-order valence-electron chi connectivity index (χ0n) is 16.1. The summed E-state index contributed by atoms with van der Waals surface area (Å²) < 4.78 is 0. The standard InChI is InChI=1S/C21H23N5O3/c1-12-4-2-3-5-15(12)18(27)16-10-22-19-17(16)20(24-11-23-19)25-13-6-8-14(9-7-13)26-21(28)29/h2-5,10-11,13-14,26H,6-9H2,1H3,(H,28,29)(H2,22,23,24,25)/t13-,14+. The minimum atomic E-state index is -0.981. The number of carbonyl (C=O) groups excluding carboxylic acids is 1. The van der Waals surface area contributed by atoms with Crippen LogP contribution in [0, 0.1) is 6.92 Å². The second-order valence-electron chi connectivity index (χ2n) is 7.43. The van der Waals surface area contributed by atoms with E-state index in [1.807, 2.05) is 31.2 Å². The molecule has 1 aliphatic rings. The van der Waals surface area contributed by atoms with Crippen LogP contribution in [-0.4, -0.2) is 44.0 Å². The Hall–Kier alpha value is -3.42. The quantitative estimate of drug-likeness (QED) is 0.493. The molecular formula is C21H23N5O3. The van der Waals surface area contributed by atoms with Gasteiger partial charge in [0, 0.05) is 23.8 Å². The van der Waals surface area contributed by atoms with Crippen LogP contribution in [0.1, 0.15) is 47.2 Å². The normalized spacial score (nSPS) is 19.1. The Labute approximate surface area is 167 Å². The first-order chi connectivity index (χ1) is 14.0. The van der Waals surface area contributed by atoms with E-state index in [9.17, 15) is 9.59 Å². The lowest BCUT2D eigenvalue weighted by Crippen LogP contribution is -2.39. The molecule has 0 spiro atoms. The summed E-state index contributed by atoms with van der Waals surface area (Å²) in [5.74, 6) is 0.560. The number of carbonyl (C=O) groups is 2. The fourth-order valence-corrected chi connectivity index (χ4v) is 3.97. The van der Waals surface area contributed by atoms with Crippen molar-refractivity contribution in [2.24, 2.45) is 0 Å². The van der Waals surface area contributed by atoms with Crippen LogP contribution in [0.25, 0.3) is 11.0 Å². The number of ketones is 1. The Bertz CT molecular complexity index is 1050. The van der Waals surface area contributed by atoms with E-state index in [-0.39, 0.29) is 17.9 Å². The Balaban J connectivity index is 1.58. The van der Waals surface area contributed by atoms with Gasteiger partial charge in [-0.2, -0.15) is 0 Å².